The van der Waals surface area contributed by atoms with Crippen molar-refractivity contribution in [1.29, 1.82) is 0 Å². The van der Waals surface area contributed by atoms with Crippen molar-refractivity contribution < 1.29 is 0 Å². The summed E-state index contributed by atoms with van der Waals surface area (Å²) in [6.07, 6.45) is 4.66. The first-order chi connectivity index (χ1) is 7.69. The fourth-order valence-corrected chi connectivity index (χ4v) is 1.83. The van der Waals surface area contributed by atoms with Crippen LogP contribution in [0.15, 0.2) is 11.1 Å². The largest absolute Gasteiger partial charge is 0.365 e. The zero-order valence-corrected chi connectivity index (χ0v) is 11.5. The highest BCUT2D eigenvalue weighted by atomic mass is 127. The van der Waals surface area contributed by atoms with E-state index in [4.69, 9.17) is 5.73 Å². The van der Waals surface area contributed by atoms with Crippen LogP contribution in [0.3, 0.4) is 0 Å². The number of H-pyrrole nitrogens is 1. The third-order valence-electron chi connectivity index (χ3n) is 2.33. The Hall–Kier alpha value is -0.630. The molecule has 1 rings (SSSR count). The SMILES string of the molecule is CCCCC(CN)Nc1nc[nH]c(=O)c1I. The van der Waals surface area contributed by atoms with Crippen molar-refractivity contribution in [3.05, 3.63) is 20.3 Å². The Balaban J connectivity index is 2.70. The summed E-state index contributed by atoms with van der Waals surface area (Å²) in [5.41, 5.74) is 5.55. The number of aromatic amines is 1. The molecule has 0 saturated heterocycles. The molecule has 0 fully saturated rings. The maximum absolute atomic E-state index is 11.3. The zero-order valence-electron chi connectivity index (χ0n) is 9.29. The zero-order chi connectivity index (χ0) is 12.0. The molecule has 0 spiro atoms. The normalized spacial score (nSPS) is 12.4. The first-order valence-electron chi connectivity index (χ1n) is 5.38. The Kier molecular flexibility index (Phi) is 5.75. The highest BCUT2D eigenvalue weighted by Gasteiger charge is 2.10. The van der Waals surface area contributed by atoms with Crippen LogP contribution in [-0.4, -0.2) is 22.6 Å². The van der Waals surface area contributed by atoms with E-state index in [1.54, 1.807) is 0 Å². The van der Waals surface area contributed by atoms with Crippen molar-refractivity contribution in [2.75, 3.05) is 11.9 Å². The van der Waals surface area contributed by atoms with Gasteiger partial charge in [-0.3, -0.25) is 4.79 Å². The molecule has 0 aliphatic carbocycles. The van der Waals surface area contributed by atoms with Gasteiger partial charge in [-0.25, -0.2) is 4.98 Å². The smallest absolute Gasteiger partial charge is 0.266 e. The molecule has 4 N–H and O–H groups in total. The Morgan fingerprint density at radius 2 is 2.44 bits per heavy atom. The van der Waals surface area contributed by atoms with Gasteiger partial charge in [-0.05, 0) is 29.0 Å². The molecule has 0 amide bonds. The molecular weight excluding hydrogens is 319 g/mol. The maximum Gasteiger partial charge on any atom is 0.266 e. The van der Waals surface area contributed by atoms with Crippen LogP contribution in [0.25, 0.3) is 0 Å². The molecule has 1 atom stereocenters. The van der Waals surface area contributed by atoms with Gasteiger partial charge >= 0.3 is 0 Å². The second-order valence-corrected chi connectivity index (χ2v) is 4.69. The van der Waals surface area contributed by atoms with Crippen LogP contribution in [0, 0.1) is 3.57 Å². The number of halogens is 1. The third-order valence-corrected chi connectivity index (χ3v) is 3.33. The average Bonchev–Trinajstić information content (AvgIpc) is 2.30. The van der Waals surface area contributed by atoms with Crippen molar-refractivity contribution in [2.24, 2.45) is 5.73 Å². The minimum absolute atomic E-state index is 0.121. The number of unbranched alkanes of at least 4 members (excludes halogenated alkanes) is 1. The van der Waals surface area contributed by atoms with Gasteiger partial charge in [0, 0.05) is 12.6 Å². The van der Waals surface area contributed by atoms with Crippen LogP contribution < -0.4 is 16.6 Å². The van der Waals surface area contributed by atoms with E-state index < -0.39 is 0 Å². The van der Waals surface area contributed by atoms with Crippen LogP contribution in [0.2, 0.25) is 0 Å². The van der Waals surface area contributed by atoms with Crippen molar-refractivity contribution >= 4 is 28.4 Å². The van der Waals surface area contributed by atoms with Crippen molar-refractivity contribution in [3.8, 4) is 0 Å². The van der Waals surface area contributed by atoms with E-state index in [0.29, 0.717) is 15.9 Å². The number of rotatable bonds is 6. The number of nitrogens with zero attached hydrogens (tertiary/aromatic N) is 1. The van der Waals surface area contributed by atoms with E-state index in [0.717, 1.165) is 19.3 Å². The van der Waals surface area contributed by atoms with Crippen molar-refractivity contribution in [1.82, 2.24) is 9.97 Å². The van der Waals surface area contributed by atoms with Gasteiger partial charge in [0.25, 0.3) is 5.56 Å². The van der Waals surface area contributed by atoms with E-state index in [2.05, 4.69) is 22.2 Å². The molecule has 0 radical (unpaired) electrons. The quantitative estimate of drug-likeness (QED) is 0.684. The molecule has 1 aromatic rings. The average molecular weight is 336 g/mol. The van der Waals surface area contributed by atoms with Gasteiger partial charge in [0.15, 0.2) is 0 Å². The lowest BCUT2D eigenvalue weighted by atomic mass is 10.1. The summed E-state index contributed by atoms with van der Waals surface area (Å²) < 4.78 is 0.579. The lowest BCUT2D eigenvalue weighted by Crippen LogP contribution is -2.30. The fourth-order valence-electron chi connectivity index (χ4n) is 1.38. The Labute approximate surface area is 108 Å². The van der Waals surface area contributed by atoms with E-state index >= 15 is 0 Å². The predicted octanol–water partition coefficient (Wildman–Crippen LogP) is 1.30. The van der Waals surface area contributed by atoms with Gasteiger partial charge in [0.05, 0.1) is 6.33 Å². The molecule has 1 unspecified atom stereocenters. The standard InChI is InChI=1S/C10H17IN4O/c1-2-3-4-7(5-12)15-9-8(11)10(16)14-6-13-9/h6-7H,2-5,12H2,1H3,(H2,13,14,15,16). The van der Waals surface area contributed by atoms with E-state index in [1.165, 1.54) is 6.33 Å². The van der Waals surface area contributed by atoms with Gasteiger partial charge in [-0.1, -0.05) is 19.8 Å². The summed E-state index contributed by atoms with van der Waals surface area (Å²) in [4.78, 5) is 18.0. The Morgan fingerprint density at radius 3 is 3.06 bits per heavy atom. The summed E-state index contributed by atoms with van der Waals surface area (Å²) in [5.74, 6) is 0.621. The molecule has 0 saturated carbocycles. The molecule has 0 aliphatic rings. The summed E-state index contributed by atoms with van der Waals surface area (Å²) in [6.45, 7) is 2.69. The molecule has 0 aliphatic heterocycles. The number of nitrogens with two attached hydrogens (primary N) is 1. The van der Waals surface area contributed by atoms with E-state index in [1.807, 2.05) is 22.6 Å². The number of hydrogen-bond acceptors (Lipinski definition) is 4. The molecule has 16 heavy (non-hydrogen) atoms. The number of hydrogen-bond donors (Lipinski definition) is 3. The topological polar surface area (TPSA) is 83.8 Å². The summed E-state index contributed by atoms with van der Waals surface area (Å²) >= 11 is 1.98. The third kappa shape index (κ3) is 3.75. The van der Waals surface area contributed by atoms with Crippen LogP contribution >= 0.6 is 22.6 Å². The predicted molar refractivity (Wildman–Crippen MR) is 73.6 cm³/mol. The lowest BCUT2D eigenvalue weighted by Gasteiger charge is -2.17. The molecule has 90 valence electrons. The summed E-state index contributed by atoms with van der Waals surface area (Å²) in [5, 5.41) is 3.21. The molecule has 1 heterocycles. The van der Waals surface area contributed by atoms with Gasteiger partial charge in [0.2, 0.25) is 0 Å². The van der Waals surface area contributed by atoms with Gasteiger partial charge in [0.1, 0.15) is 9.39 Å². The van der Waals surface area contributed by atoms with E-state index in [-0.39, 0.29) is 11.6 Å². The molecule has 0 aromatic carbocycles. The monoisotopic (exact) mass is 336 g/mol. The Morgan fingerprint density at radius 1 is 1.69 bits per heavy atom. The summed E-state index contributed by atoms with van der Waals surface area (Å²) in [7, 11) is 0. The maximum atomic E-state index is 11.3. The highest BCUT2D eigenvalue weighted by molar-refractivity contribution is 14.1. The first kappa shape index (κ1) is 13.4. The molecule has 1 aromatic heterocycles. The Bertz CT molecular complexity index is 379. The number of aromatic nitrogens is 2. The first-order valence-corrected chi connectivity index (χ1v) is 6.46. The molecule has 6 heteroatoms. The van der Waals surface area contributed by atoms with Crippen molar-refractivity contribution in [3.63, 3.8) is 0 Å². The number of anilines is 1. The highest BCUT2D eigenvalue weighted by Crippen LogP contribution is 2.12. The van der Waals surface area contributed by atoms with Gasteiger partial charge in [-0.15, -0.1) is 0 Å². The summed E-state index contributed by atoms with van der Waals surface area (Å²) in [6, 6.07) is 0.183. The van der Waals surface area contributed by atoms with Crippen LogP contribution in [-0.2, 0) is 0 Å². The van der Waals surface area contributed by atoms with Crippen LogP contribution in [0.5, 0.6) is 0 Å². The molecular formula is C10H17IN4O. The van der Waals surface area contributed by atoms with Gasteiger partial charge in [-0.2, -0.15) is 0 Å². The lowest BCUT2D eigenvalue weighted by molar-refractivity contribution is 0.611. The molecule has 0 bridgehead atoms. The van der Waals surface area contributed by atoms with E-state index in [9.17, 15) is 4.79 Å². The second kappa shape index (κ2) is 6.85. The van der Waals surface area contributed by atoms with Crippen LogP contribution in [0.1, 0.15) is 26.2 Å². The minimum Gasteiger partial charge on any atom is -0.365 e. The fraction of sp³-hybridized carbons (Fsp3) is 0.600. The number of nitrogens with one attached hydrogen (secondary N) is 2. The van der Waals surface area contributed by atoms with Crippen LogP contribution in [0.4, 0.5) is 5.82 Å². The second-order valence-electron chi connectivity index (χ2n) is 3.61. The van der Waals surface area contributed by atoms with Gasteiger partial charge < -0.3 is 16.0 Å². The minimum atomic E-state index is -0.121. The van der Waals surface area contributed by atoms with Crippen molar-refractivity contribution in [2.45, 2.75) is 32.2 Å². The molecule has 5 nitrogen and oxygen atoms in total.